The molecule has 2 N–H and O–H groups in total. The monoisotopic (exact) mass is 224 g/mol. The Morgan fingerprint density at radius 2 is 2.00 bits per heavy atom. The molecule has 0 aliphatic heterocycles. The average molecular weight is 224 g/mol. The SMILES string of the molecule is CC.CN(CN)c1ccccc1OCC=O. The molecule has 0 fully saturated rings. The van der Waals surface area contributed by atoms with Crippen LogP contribution in [0.25, 0.3) is 0 Å². The molecule has 0 spiro atoms. The summed E-state index contributed by atoms with van der Waals surface area (Å²) < 4.78 is 5.24. The van der Waals surface area contributed by atoms with Gasteiger partial charge in [0.25, 0.3) is 0 Å². The first-order valence-electron chi connectivity index (χ1n) is 5.36. The molecule has 0 aromatic heterocycles. The van der Waals surface area contributed by atoms with Crippen molar-refractivity contribution in [3.63, 3.8) is 0 Å². The number of hydrogen-bond donors (Lipinski definition) is 1. The van der Waals surface area contributed by atoms with Crippen molar-refractivity contribution < 1.29 is 9.53 Å². The Bertz CT molecular complexity index is 303. The molecule has 0 bridgehead atoms. The largest absolute Gasteiger partial charge is 0.484 e. The second-order valence-electron chi connectivity index (χ2n) is 2.83. The van der Waals surface area contributed by atoms with E-state index in [1.54, 1.807) is 0 Å². The number of hydrogen-bond acceptors (Lipinski definition) is 4. The van der Waals surface area contributed by atoms with Gasteiger partial charge in [-0.15, -0.1) is 0 Å². The molecule has 4 nitrogen and oxygen atoms in total. The van der Waals surface area contributed by atoms with Gasteiger partial charge in [0.15, 0.2) is 6.29 Å². The van der Waals surface area contributed by atoms with Gasteiger partial charge in [0.05, 0.1) is 12.4 Å². The second-order valence-corrected chi connectivity index (χ2v) is 2.83. The van der Waals surface area contributed by atoms with Crippen LogP contribution in [0.4, 0.5) is 5.69 Å². The number of anilines is 1. The maximum atomic E-state index is 10.2. The molecule has 0 atom stereocenters. The number of nitrogens with two attached hydrogens (primary N) is 1. The van der Waals surface area contributed by atoms with Gasteiger partial charge in [0, 0.05) is 7.05 Å². The van der Waals surface area contributed by atoms with Gasteiger partial charge in [-0.3, -0.25) is 4.79 Å². The molecule has 0 amide bonds. The summed E-state index contributed by atoms with van der Waals surface area (Å²) in [4.78, 5) is 12.0. The maximum absolute atomic E-state index is 10.2. The highest BCUT2D eigenvalue weighted by Crippen LogP contribution is 2.25. The predicted octanol–water partition coefficient (Wildman–Crippen LogP) is 1.64. The fraction of sp³-hybridized carbons (Fsp3) is 0.417. The summed E-state index contributed by atoms with van der Waals surface area (Å²) in [6.45, 7) is 4.47. The number of carbonyl (C=O) groups excluding carboxylic acids is 1. The Kier molecular flexibility index (Phi) is 7.89. The lowest BCUT2D eigenvalue weighted by Crippen LogP contribution is -2.25. The van der Waals surface area contributed by atoms with E-state index in [-0.39, 0.29) is 6.61 Å². The van der Waals surface area contributed by atoms with Gasteiger partial charge in [-0.25, -0.2) is 0 Å². The first-order valence-corrected chi connectivity index (χ1v) is 5.36. The maximum Gasteiger partial charge on any atom is 0.157 e. The average Bonchev–Trinajstić information content (AvgIpc) is 2.38. The fourth-order valence-corrected chi connectivity index (χ4v) is 1.12. The van der Waals surface area contributed by atoms with Gasteiger partial charge in [-0.2, -0.15) is 0 Å². The van der Waals surface area contributed by atoms with E-state index in [9.17, 15) is 4.79 Å². The van der Waals surface area contributed by atoms with Crippen molar-refractivity contribution in [3.05, 3.63) is 24.3 Å². The zero-order valence-corrected chi connectivity index (χ0v) is 10.1. The van der Waals surface area contributed by atoms with E-state index in [0.29, 0.717) is 12.4 Å². The molecule has 0 unspecified atom stereocenters. The summed E-state index contributed by atoms with van der Waals surface area (Å²) in [6, 6.07) is 7.46. The highest BCUT2D eigenvalue weighted by atomic mass is 16.5. The molecule has 0 aliphatic rings. The minimum absolute atomic E-state index is 0.0649. The topological polar surface area (TPSA) is 55.6 Å². The Labute approximate surface area is 97.0 Å². The predicted molar refractivity (Wildman–Crippen MR) is 66.8 cm³/mol. The standard InChI is InChI=1S/C10H14N2O2.C2H6/c1-12(8-11)9-4-2-3-5-10(9)14-7-6-13;1-2/h2-6H,7-8,11H2,1H3;1-2H3. The zero-order valence-electron chi connectivity index (χ0n) is 10.1. The third-order valence-electron chi connectivity index (χ3n) is 1.86. The molecular weight excluding hydrogens is 204 g/mol. The Balaban J connectivity index is 0.00000106. The number of rotatable bonds is 5. The molecule has 0 heterocycles. The van der Waals surface area contributed by atoms with Crippen molar-refractivity contribution in [2.45, 2.75) is 13.8 Å². The molecule has 0 aliphatic carbocycles. The summed E-state index contributed by atoms with van der Waals surface area (Å²) >= 11 is 0. The minimum atomic E-state index is 0.0649. The summed E-state index contributed by atoms with van der Waals surface area (Å²) in [5.41, 5.74) is 6.39. The van der Waals surface area contributed by atoms with E-state index < -0.39 is 0 Å². The highest BCUT2D eigenvalue weighted by molar-refractivity contribution is 5.59. The van der Waals surface area contributed by atoms with Crippen LogP contribution in [0.15, 0.2) is 24.3 Å². The molecule has 4 heteroatoms. The number of nitrogens with zero attached hydrogens (tertiary/aromatic N) is 1. The molecule has 16 heavy (non-hydrogen) atoms. The summed E-state index contributed by atoms with van der Waals surface area (Å²) in [7, 11) is 1.86. The van der Waals surface area contributed by atoms with Crippen molar-refractivity contribution in [3.8, 4) is 5.75 Å². The van der Waals surface area contributed by atoms with Gasteiger partial charge < -0.3 is 15.4 Å². The number of aldehydes is 1. The van der Waals surface area contributed by atoms with Gasteiger partial charge in [-0.1, -0.05) is 26.0 Å². The van der Waals surface area contributed by atoms with Crippen LogP contribution in [0.1, 0.15) is 13.8 Å². The van der Waals surface area contributed by atoms with E-state index in [2.05, 4.69) is 0 Å². The third-order valence-corrected chi connectivity index (χ3v) is 1.86. The van der Waals surface area contributed by atoms with Crippen LogP contribution in [0.2, 0.25) is 0 Å². The van der Waals surface area contributed by atoms with Crippen molar-refractivity contribution in [2.24, 2.45) is 5.73 Å². The smallest absolute Gasteiger partial charge is 0.157 e. The number of para-hydroxylation sites is 2. The lowest BCUT2D eigenvalue weighted by molar-refractivity contribution is -0.109. The minimum Gasteiger partial charge on any atom is -0.484 e. The van der Waals surface area contributed by atoms with Gasteiger partial charge in [-0.05, 0) is 12.1 Å². The quantitative estimate of drug-likeness (QED) is 0.610. The van der Waals surface area contributed by atoms with E-state index in [0.717, 1.165) is 12.0 Å². The number of benzene rings is 1. The van der Waals surface area contributed by atoms with Crippen LogP contribution < -0.4 is 15.4 Å². The first kappa shape index (κ1) is 14.5. The summed E-state index contributed by atoms with van der Waals surface area (Å²) in [5, 5.41) is 0. The van der Waals surface area contributed by atoms with Crippen LogP contribution in [0, 0.1) is 0 Å². The van der Waals surface area contributed by atoms with Gasteiger partial charge in [0.1, 0.15) is 12.4 Å². The molecule has 0 saturated carbocycles. The Morgan fingerprint density at radius 3 is 2.56 bits per heavy atom. The Morgan fingerprint density at radius 1 is 1.38 bits per heavy atom. The molecule has 1 aromatic rings. The van der Waals surface area contributed by atoms with Crippen molar-refractivity contribution in [1.82, 2.24) is 0 Å². The first-order chi connectivity index (χ1) is 7.79. The Hall–Kier alpha value is -1.55. The second kappa shape index (κ2) is 8.73. The van der Waals surface area contributed by atoms with E-state index in [1.807, 2.05) is 50.1 Å². The normalized spacial score (nSPS) is 8.75. The number of ether oxygens (including phenoxy) is 1. The van der Waals surface area contributed by atoms with E-state index >= 15 is 0 Å². The van der Waals surface area contributed by atoms with Crippen LogP contribution in [-0.4, -0.2) is 26.6 Å². The molecule has 1 rings (SSSR count). The summed E-state index contributed by atoms with van der Waals surface area (Å²) in [6.07, 6.45) is 0.721. The van der Waals surface area contributed by atoms with Crippen molar-refractivity contribution >= 4 is 12.0 Å². The number of carbonyl (C=O) groups is 1. The molecule has 90 valence electrons. The van der Waals surface area contributed by atoms with Crippen molar-refractivity contribution in [1.29, 1.82) is 0 Å². The molecule has 0 radical (unpaired) electrons. The lowest BCUT2D eigenvalue weighted by atomic mass is 10.3. The zero-order chi connectivity index (χ0) is 12.4. The van der Waals surface area contributed by atoms with Gasteiger partial charge >= 0.3 is 0 Å². The molecular formula is C12H20N2O2. The molecule has 0 saturated heterocycles. The van der Waals surface area contributed by atoms with Crippen LogP contribution in [-0.2, 0) is 4.79 Å². The summed E-state index contributed by atoms with van der Waals surface area (Å²) in [5.74, 6) is 0.674. The highest BCUT2D eigenvalue weighted by Gasteiger charge is 2.05. The third kappa shape index (κ3) is 4.31. The van der Waals surface area contributed by atoms with Crippen LogP contribution >= 0.6 is 0 Å². The van der Waals surface area contributed by atoms with Crippen molar-refractivity contribution in [2.75, 3.05) is 25.2 Å². The van der Waals surface area contributed by atoms with Crippen LogP contribution in [0.5, 0.6) is 5.75 Å². The van der Waals surface area contributed by atoms with E-state index in [4.69, 9.17) is 10.5 Å². The van der Waals surface area contributed by atoms with E-state index in [1.165, 1.54) is 0 Å². The van der Waals surface area contributed by atoms with Gasteiger partial charge in [0.2, 0.25) is 0 Å². The lowest BCUT2D eigenvalue weighted by Gasteiger charge is -2.19. The fourth-order valence-electron chi connectivity index (χ4n) is 1.12. The molecule has 1 aromatic carbocycles. The van der Waals surface area contributed by atoms with Crippen LogP contribution in [0.3, 0.4) is 0 Å².